The van der Waals surface area contributed by atoms with E-state index in [1.54, 1.807) is 23.1 Å². The van der Waals surface area contributed by atoms with Gasteiger partial charge in [-0.25, -0.2) is 4.98 Å². The molecule has 4 aromatic rings. The number of nitrogens with zero attached hydrogens (tertiary/aromatic N) is 5. The molecular formula is C25H29N5S2. The van der Waals surface area contributed by atoms with Gasteiger partial charge in [0, 0.05) is 47.6 Å². The van der Waals surface area contributed by atoms with E-state index >= 15 is 0 Å². The number of benzene rings is 2. The van der Waals surface area contributed by atoms with E-state index in [9.17, 15) is 0 Å². The van der Waals surface area contributed by atoms with Gasteiger partial charge in [0.2, 0.25) is 0 Å². The highest BCUT2D eigenvalue weighted by atomic mass is 32.2. The predicted molar refractivity (Wildman–Crippen MR) is 137 cm³/mol. The second kappa shape index (κ2) is 10.3. The third-order valence-corrected chi connectivity index (χ3v) is 7.39. The number of aryl methyl sites for hydroxylation is 1. The summed E-state index contributed by atoms with van der Waals surface area (Å²) in [5, 5.41) is 13.1. The van der Waals surface area contributed by atoms with Crippen molar-refractivity contribution in [2.45, 2.75) is 45.1 Å². The van der Waals surface area contributed by atoms with Crippen LogP contribution in [0.4, 0.5) is 5.69 Å². The summed E-state index contributed by atoms with van der Waals surface area (Å²) >= 11 is 3.39. The average Bonchev–Trinajstić information content (AvgIpc) is 3.46. The maximum atomic E-state index is 4.84. The van der Waals surface area contributed by atoms with Crippen molar-refractivity contribution in [1.29, 1.82) is 0 Å². The minimum Gasteiger partial charge on any atom is -0.372 e. The Morgan fingerprint density at radius 2 is 1.75 bits per heavy atom. The Morgan fingerprint density at radius 1 is 0.969 bits per heavy atom. The number of rotatable bonds is 9. The first-order valence-corrected chi connectivity index (χ1v) is 12.9. The van der Waals surface area contributed by atoms with Crippen LogP contribution in [0, 0.1) is 6.92 Å². The van der Waals surface area contributed by atoms with E-state index in [0.29, 0.717) is 0 Å². The lowest BCUT2D eigenvalue weighted by Crippen LogP contribution is -2.21. The van der Waals surface area contributed by atoms with Crippen LogP contribution in [0.25, 0.3) is 22.0 Å². The lowest BCUT2D eigenvalue weighted by Gasteiger charge is -2.21. The number of hydrogen-bond acceptors (Lipinski definition) is 6. The van der Waals surface area contributed by atoms with Crippen LogP contribution < -0.4 is 4.90 Å². The lowest BCUT2D eigenvalue weighted by molar-refractivity contribution is 0.687. The SMILES string of the molecule is CCN(CC)c1ccc(-c2nnc(SCc3csc(-c4cccc(C)c4)n3)n2CC)cc1. The normalized spacial score (nSPS) is 11.1. The Morgan fingerprint density at radius 3 is 2.44 bits per heavy atom. The summed E-state index contributed by atoms with van der Waals surface area (Å²) in [7, 11) is 0. The molecule has 0 aliphatic rings. The molecule has 2 aromatic heterocycles. The number of aromatic nitrogens is 4. The topological polar surface area (TPSA) is 46.8 Å². The van der Waals surface area contributed by atoms with Crippen molar-refractivity contribution < 1.29 is 0 Å². The fraction of sp³-hybridized carbons (Fsp3) is 0.320. The van der Waals surface area contributed by atoms with Gasteiger partial charge in [0.25, 0.3) is 0 Å². The first-order chi connectivity index (χ1) is 15.6. The highest BCUT2D eigenvalue weighted by Crippen LogP contribution is 2.30. The van der Waals surface area contributed by atoms with E-state index in [2.05, 4.69) is 101 Å². The molecule has 0 amide bonds. The van der Waals surface area contributed by atoms with Crippen LogP contribution in [-0.2, 0) is 12.3 Å². The third-order valence-electron chi connectivity index (χ3n) is 5.45. The van der Waals surface area contributed by atoms with Crippen LogP contribution >= 0.6 is 23.1 Å². The van der Waals surface area contributed by atoms with Crippen molar-refractivity contribution in [1.82, 2.24) is 19.7 Å². The minimum atomic E-state index is 0.779. The molecule has 2 heterocycles. The van der Waals surface area contributed by atoms with E-state index in [1.807, 2.05) is 0 Å². The van der Waals surface area contributed by atoms with Crippen molar-refractivity contribution in [3.05, 3.63) is 65.2 Å². The molecule has 32 heavy (non-hydrogen) atoms. The highest BCUT2D eigenvalue weighted by molar-refractivity contribution is 7.98. The Balaban J connectivity index is 1.48. The summed E-state index contributed by atoms with van der Waals surface area (Å²) in [4.78, 5) is 7.18. The van der Waals surface area contributed by atoms with Crippen LogP contribution in [0.5, 0.6) is 0 Å². The Hall–Kier alpha value is -2.64. The molecule has 0 radical (unpaired) electrons. The van der Waals surface area contributed by atoms with E-state index in [1.165, 1.54) is 16.8 Å². The molecule has 0 N–H and O–H groups in total. The maximum absolute atomic E-state index is 4.84. The first kappa shape index (κ1) is 22.6. The molecule has 0 atom stereocenters. The molecule has 4 rings (SSSR count). The fourth-order valence-corrected chi connectivity index (χ4v) is 5.54. The molecule has 0 saturated carbocycles. The number of hydrogen-bond donors (Lipinski definition) is 0. The van der Waals surface area contributed by atoms with Crippen molar-refractivity contribution in [3.63, 3.8) is 0 Å². The predicted octanol–water partition coefficient (Wildman–Crippen LogP) is 6.54. The minimum absolute atomic E-state index is 0.779. The van der Waals surface area contributed by atoms with Gasteiger partial charge in [0.1, 0.15) is 5.01 Å². The molecule has 0 bridgehead atoms. The summed E-state index contributed by atoms with van der Waals surface area (Å²) in [5.74, 6) is 1.70. The highest BCUT2D eigenvalue weighted by Gasteiger charge is 2.15. The van der Waals surface area contributed by atoms with Gasteiger partial charge in [-0.1, -0.05) is 35.5 Å². The van der Waals surface area contributed by atoms with Crippen LogP contribution in [-0.4, -0.2) is 32.8 Å². The van der Waals surface area contributed by atoms with Crippen molar-refractivity contribution in [2.24, 2.45) is 0 Å². The summed E-state index contributed by atoms with van der Waals surface area (Å²) in [6.07, 6.45) is 0. The van der Waals surface area contributed by atoms with E-state index < -0.39 is 0 Å². The Kier molecular flexibility index (Phi) is 7.27. The summed E-state index contributed by atoms with van der Waals surface area (Å²) in [5.41, 5.74) is 5.84. The quantitative estimate of drug-likeness (QED) is 0.264. The second-order valence-electron chi connectivity index (χ2n) is 7.57. The van der Waals surface area contributed by atoms with Gasteiger partial charge in [-0.15, -0.1) is 21.5 Å². The molecule has 0 unspecified atom stereocenters. The monoisotopic (exact) mass is 463 g/mol. The maximum Gasteiger partial charge on any atom is 0.191 e. The van der Waals surface area contributed by atoms with Crippen molar-refractivity contribution >= 4 is 28.8 Å². The van der Waals surface area contributed by atoms with Gasteiger partial charge in [-0.2, -0.15) is 0 Å². The molecule has 166 valence electrons. The zero-order valence-electron chi connectivity index (χ0n) is 19.1. The van der Waals surface area contributed by atoms with Crippen LogP contribution in [0.15, 0.2) is 59.1 Å². The second-order valence-corrected chi connectivity index (χ2v) is 9.37. The third kappa shape index (κ3) is 4.89. The fourth-order valence-electron chi connectivity index (χ4n) is 3.73. The molecule has 2 aromatic carbocycles. The van der Waals surface area contributed by atoms with Crippen molar-refractivity contribution in [2.75, 3.05) is 18.0 Å². The largest absolute Gasteiger partial charge is 0.372 e. The van der Waals surface area contributed by atoms with Crippen LogP contribution in [0.3, 0.4) is 0 Å². The number of anilines is 1. The lowest BCUT2D eigenvalue weighted by atomic mass is 10.1. The molecule has 7 heteroatoms. The Labute approximate surface area is 198 Å². The molecule has 0 aliphatic carbocycles. The summed E-state index contributed by atoms with van der Waals surface area (Å²) in [6.45, 7) is 11.4. The zero-order valence-corrected chi connectivity index (χ0v) is 20.7. The molecule has 0 aliphatic heterocycles. The van der Waals surface area contributed by atoms with E-state index in [0.717, 1.165) is 52.6 Å². The molecule has 0 spiro atoms. The number of thiazole rings is 1. The molecule has 0 saturated heterocycles. The van der Waals surface area contributed by atoms with Crippen LogP contribution in [0.1, 0.15) is 32.0 Å². The zero-order chi connectivity index (χ0) is 22.5. The Bertz CT molecular complexity index is 1160. The van der Waals surface area contributed by atoms with Crippen molar-refractivity contribution in [3.8, 4) is 22.0 Å². The van der Waals surface area contributed by atoms with Gasteiger partial charge < -0.3 is 9.47 Å². The van der Waals surface area contributed by atoms with E-state index in [4.69, 9.17) is 4.98 Å². The van der Waals surface area contributed by atoms with Gasteiger partial charge in [-0.05, 0) is 58.0 Å². The number of thioether (sulfide) groups is 1. The molecular weight excluding hydrogens is 434 g/mol. The standard InChI is InChI=1S/C25H29N5S2/c1-5-29(6-2)22-13-11-19(12-14-22)23-27-28-25(30(23)7-3)32-17-21-16-31-24(26-21)20-10-8-9-18(4)15-20/h8-16H,5-7,17H2,1-4H3. The van der Waals surface area contributed by atoms with Gasteiger partial charge in [-0.3, -0.25) is 0 Å². The van der Waals surface area contributed by atoms with Crippen LogP contribution in [0.2, 0.25) is 0 Å². The average molecular weight is 464 g/mol. The smallest absolute Gasteiger partial charge is 0.191 e. The molecule has 5 nitrogen and oxygen atoms in total. The van der Waals surface area contributed by atoms with Gasteiger partial charge in [0.15, 0.2) is 11.0 Å². The molecule has 0 fully saturated rings. The summed E-state index contributed by atoms with van der Waals surface area (Å²) in [6, 6.07) is 17.1. The van der Waals surface area contributed by atoms with Gasteiger partial charge in [0.05, 0.1) is 5.69 Å². The summed E-state index contributed by atoms with van der Waals surface area (Å²) < 4.78 is 2.19. The van der Waals surface area contributed by atoms with Gasteiger partial charge >= 0.3 is 0 Å². The first-order valence-electron chi connectivity index (χ1n) is 11.1. The van der Waals surface area contributed by atoms with E-state index in [-0.39, 0.29) is 0 Å².